The zero-order valence-corrected chi connectivity index (χ0v) is 22.7. The van der Waals surface area contributed by atoms with Gasteiger partial charge in [0.05, 0.1) is 0 Å². The van der Waals surface area contributed by atoms with E-state index in [9.17, 15) is 4.79 Å². The molecule has 0 N–H and O–H groups in total. The van der Waals surface area contributed by atoms with Crippen molar-refractivity contribution in [2.45, 2.75) is 119 Å². The normalized spacial score (nSPS) is 19.0. The first kappa shape index (κ1) is 25.2. The Labute approximate surface area is 208 Å². The molecule has 0 heterocycles. The molecule has 184 valence electrons. The summed E-state index contributed by atoms with van der Waals surface area (Å²) >= 11 is 0. The molecule has 34 heavy (non-hydrogen) atoms. The van der Waals surface area contributed by atoms with Gasteiger partial charge in [0.25, 0.3) is 0 Å². The summed E-state index contributed by atoms with van der Waals surface area (Å²) in [6.07, 6.45) is 12.8. The van der Waals surface area contributed by atoms with E-state index < -0.39 is 0 Å². The van der Waals surface area contributed by atoms with Gasteiger partial charge in [-0.15, -0.1) is 0 Å². The van der Waals surface area contributed by atoms with Crippen LogP contribution in [0, 0.1) is 10.8 Å². The van der Waals surface area contributed by atoms with Gasteiger partial charge < -0.3 is 0 Å². The van der Waals surface area contributed by atoms with E-state index in [1.54, 1.807) is 0 Å². The molecule has 2 aromatic rings. The zero-order chi connectivity index (χ0) is 24.5. The molecule has 0 unspecified atom stereocenters. The van der Waals surface area contributed by atoms with Crippen LogP contribution in [0.25, 0.3) is 0 Å². The standard InChI is InChI=1S/C33H46O/c1-7-23-17-25-9-13-32(3,4)15-11-27(25)19-29(23)21-31(34)22-30-20-28-12-16-33(5,6)14-10-26(28)18-24(30)8-2/h17-20H,7-16,21-22H2,1-6H3. The molecule has 2 aliphatic rings. The Morgan fingerprint density at radius 3 is 1.18 bits per heavy atom. The van der Waals surface area contributed by atoms with E-state index in [1.807, 2.05) is 0 Å². The second-order valence-corrected chi connectivity index (χ2v) is 12.7. The van der Waals surface area contributed by atoms with Gasteiger partial charge in [0.1, 0.15) is 5.78 Å². The third-order valence-corrected chi connectivity index (χ3v) is 8.87. The lowest BCUT2D eigenvalue weighted by atomic mass is 9.85. The molecule has 0 aromatic heterocycles. The molecule has 2 aromatic carbocycles. The molecule has 4 rings (SSSR count). The van der Waals surface area contributed by atoms with Crippen LogP contribution in [0.5, 0.6) is 0 Å². The fourth-order valence-corrected chi connectivity index (χ4v) is 6.13. The molecule has 1 nitrogen and oxygen atoms in total. The summed E-state index contributed by atoms with van der Waals surface area (Å²) in [5.41, 5.74) is 12.2. The Morgan fingerprint density at radius 1 is 0.588 bits per heavy atom. The Hall–Kier alpha value is -1.89. The second-order valence-electron chi connectivity index (χ2n) is 12.7. The van der Waals surface area contributed by atoms with Gasteiger partial charge in [-0.2, -0.15) is 0 Å². The average Bonchev–Trinajstić information content (AvgIpc) is 3.03. The van der Waals surface area contributed by atoms with Crippen LogP contribution in [0.2, 0.25) is 0 Å². The summed E-state index contributed by atoms with van der Waals surface area (Å²) in [4.78, 5) is 13.4. The van der Waals surface area contributed by atoms with Crippen molar-refractivity contribution in [3.8, 4) is 0 Å². The highest BCUT2D eigenvalue weighted by Crippen LogP contribution is 2.36. The number of hydrogen-bond acceptors (Lipinski definition) is 1. The minimum Gasteiger partial charge on any atom is -0.299 e. The molecule has 0 aliphatic heterocycles. The van der Waals surface area contributed by atoms with Gasteiger partial charge in [0.15, 0.2) is 0 Å². The highest BCUT2D eigenvalue weighted by Gasteiger charge is 2.25. The maximum Gasteiger partial charge on any atom is 0.141 e. The van der Waals surface area contributed by atoms with E-state index in [4.69, 9.17) is 0 Å². The molecule has 0 spiro atoms. The second kappa shape index (κ2) is 10.00. The summed E-state index contributed by atoms with van der Waals surface area (Å²) in [6.45, 7) is 14.1. The first-order valence-electron chi connectivity index (χ1n) is 13.9. The Morgan fingerprint density at radius 2 is 0.882 bits per heavy atom. The van der Waals surface area contributed by atoms with Crippen LogP contribution < -0.4 is 0 Å². The van der Waals surface area contributed by atoms with E-state index in [-0.39, 0.29) is 0 Å². The number of aryl methyl sites for hydroxylation is 6. The number of benzene rings is 2. The van der Waals surface area contributed by atoms with Crippen LogP contribution >= 0.6 is 0 Å². The van der Waals surface area contributed by atoms with Crippen LogP contribution in [0.4, 0.5) is 0 Å². The first-order valence-corrected chi connectivity index (χ1v) is 13.9. The summed E-state index contributed by atoms with van der Waals surface area (Å²) in [6, 6.07) is 9.66. The van der Waals surface area contributed by atoms with Gasteiger partial charge in [-0.25, -0.2) is 0 Å². The summed E-state index contributed by atoms with van der Waals surface area (Å²) < 4.78 is 0. The number of ketones is 1. The highest BCUT2D eigenvalue weighted by atomic mass is 16.1. The van der Waals surface area contributed by atoms with Crippen molar-refractivity contribution in [3.63, 3.8) is 0 Å². The molecule has 0 amide bonds. The number of hydrogen-bond donors (Lipinski definition) is 0. The Balaban J connectivity index is 1.54. The van der Waals surface area contributed by atoms with Crippen molar-refractivity contribution < 1.29 is 4.79 Å². The molecule has 2 aliphatic carbocycles. The minimum absolute atomic E-state index is 0.368. The minimum atomic E-state index is 0.368. The van der Waals surface area contributed by atoms with E-state index in [0.717, 1.165) is 25.7 Å². The van der Waals surface area contributed by atoms with E-state index in [0.29, 0.717) is 29.5 Å². The van der Waals surface area contributed by atoms with Crippen molar-refractivity contribution in [1.82, 2.24) is 0 Å². The summed E-state index contributed by atoms with van der Waals surface area (Å²) in [5.74, 6) is 0.368. The van der Waals surface area contributed by atoms with Crippen LogP contribution in [-0.4, -0.2) is 5.78 Å². The van der Waals surface area contributed by atoms with Crippen LogP contribution in [0.15, 0.2) is 24.3 Å². The predicted octanol–water partition coefficient (Wildman–Crippen LogP) is 7.98. The fourth-order valence-electron chi connectivity index (χ4n) is 6.13. The lowest BCUT2D eigenvalue weighted by molar-refractivity contribution is -0.117. The quantitative estimate of drug-likeness (QED) is 0.401. The van der Waals surface area contributed by atoms with Crippen molar-refractivity contribution in [1.29, 1.82) is 0 Å². The maximum absolute atomic E-state index is 13.4. The topological polar surface area (TPSA) is 17.1 Å². The smallest absolute Gasteiger partial charge is 0.141 e. The van der Waals surface area contributed by atoms with E-state index in [1.165, 1.54) is 83.0 Å². The van der Waals surface area contributed by atoms with Crippen molar-refractivity contribution in [2.24, 2.45) is 10.8 Å². The molecule has 0 saturated heterocycles. The van der Waals surface area contributed by atoms with Gasteiger partial charge in [0, 0.05) is 12.8 Å². The number of carbonyl (C=O) groups is 1. The number of carbonyl (C=O) groups excluding carboxylic acids is 1. The van der Waals surface area contributed by atoms with Gasteiger partial charge in [-0.05, 0) is 120 Å². The lowest BCUT2D eigenvalue weighted by Crippen LogP contribution is -2.12. The molecular weight excluding hydrogens is 412 g/mol. The number of rotatable bonds is 6. The SMILES string of the molecule is CCc1cc2c(cc1CC(=O)Cc1cc3c(cc1CC)CCC(C)(C)CC3)CCC(C)(C)CC2. The summed E-state index contributed by atoms with van der Waals surface area (Å²) in [7, 11) is 0. The Bertz CT molecular complexity index is 969. The molecule has 0 saturated carbocycles. The Kier molecular flexibility index (Phi) is 7.41. The molecule has 0 bridgehead atoms. The van der Waals surface area contributed by atoms with Crippen molar-refractivity contribution >= 4 is 5.78 Å². The van der Waals surface area contributed by atoms with Gasteiger partial charge in [0.2, 0.25) is 0 Å². The maximum atomic E-state index is 13.4. The highest BCUT2D eigenvalue weighted by molar-refractivity contribution is 5.84. The van der Waals surface area contributed by atoms with Gasteiger partial charge in [-0.1, -0.05) is 65.8 Å². The van der Waals surface area contributed by atoms with Crippen LogP contribution in [-0.2, 0) is 56.2 Å². The number of Topliss-reactive ketones (excluding diaryl/α,β-unsaturated/α-hetero) is 1. The fraction of sp³-hybridized carbons (Fsp3) is 0.606. The summed E-state index contributed by atoms with van der Waals surface area (Å²) in [5, 5.41) is 0. The van der Waals surface area contributed by atoms with Crippen LogP contribution in [0.3, 0.4) is 0 Å². The van der Waals surface area contributed by atoms with E-state index in [2.05, 4.69) is 65.8 Å². The molecular formula is C33H46O. The number of fused-ring (bicyclic) bond motifs is 2. The van der Waals surface area contributed by atoms with E-state index >= 15 is 0 Å². The molecule has 0 fully saturated rings. The van der Waals surface area contributed by atoms with Crippen LogP contribution in [0.1, 0.15) is 112 Å². The third kappa shape index (κ3) is 5.84. The van der Waals surface area contributed by atoms with Crippen molar-refractivity contribution in [3.05, 3.63) is 68.8 Å². The first-order chi connectivity index (χ1) is 16.1. The molecule has 0 atom stereocenters. The monoisotopic (exact) mass is 458 g/mol. The third-order valence-electron chi connectivity index (χ3n) is 8.87. The molecule has 0 radical (unpaired) electrons. The largest absolute Gasteiger partial charge is 0.299 e. The average molecular weight is 459 g/mol. The molecule has 1 heteroatoms. The van der Waals surface area contributed by atoms with Crippen molar-refractivity contribution in [2.75, 3.05) is 0 Å². The zero-order valence-electron chi connectivity index (χ0n) is 22.7. The lowest BCUT2D eigenvalue weighted by Gasteiger charge is -2.21. The van der Waals surface area contributed by atoms with Gasteiger partial charge >= 0.3 is 0 Å². The predicted molar refractivity (Wildman–Crippen MR) is 145 cm³/mol. The van der Waals surface area contributed by atoms with Gasteiger partial charge in [-0.3, -0.25) is 4.79 Å².